The molecule has 0 aliphatic heterocycles. The maximum Gasteiger partial charge on any atom is -0.0233 e. The summed E-state index contributed by atoms with van der Waals surface area (Å²) >= 11 is 0. The van der Waals surface area contributed by atoms with Crippen LogP contribution in [0.25, 0.3) is 0 Å². The van der Waals surface area contributed by atoms with Crippen molar-refractivity contribution in [3.8, 4) is 0 Å². The van der Waals surface area contributed by atoms with Crippen LogP contribution in [0.15, 0.2) is 72.4 Å². The minimum absolute atomic E-state index is 1.02. The zero-order valence-corrected chi connectivity index (χ0v) is 9.90. The van der Waals surface area contributed by atoms with E-state index in [0.29, 0.717) is 0 Å². The molecule has 0 atom stereocenters. The van der Waals surface area contributed by atoms with Crippen LogP contribution in [0.3, 0.4) is 0 Å². The van der Waals surface area contributed by atoms with Crippen molar-refractivity contribution < 1.29 is 0 Å². The van der Waals surface area contributed by atoms with Crippen molar-refractivity contribution in [1.82, 2.24) is 0 Å². The fourth-order valence-corrected chi connectivity index (χ4v) is 1.04. The van der Waals surface area contributed by atoms with Crippen molar-refractivity contribution in [2.45, 2.75) is 20.8 Å². The molecule has 0 nitrogen and oxygen atoms in total. The van der Waals surface area contributed by atoms with Crippen LogP contribution in [0.2, 0.25) is 0 Å². The minimum Gasteiger partial charge on any atom is -0.0912 e. The fourth-order valence-electron chi connectivity index (χ4n) is 1.04. The van der Waals surface area contributed by atoms with Gasteiger partial charge < -0.3 is 0 Å². The third kappa shape index (κ3) is 6.50. The average molecular weight is 200 g/mol. The lowest BCUT2D eigenvalue weighted by molar-refractivity contribution is 1.51. The van der Waals surface area contributed by atoms with Crippen molar-refractivity contribution >= 4 is 0 Å². The second-order valence-electron chi connectivity index (χ2n) is 3.04. The molecule has 80 valence electrons. The van der Waals surface area contributed by atoms with Gasteiger partial charge in [-0.15, -0.1) is 0 Å². The molecule has 0 heterocycles. The van der Waals surface area contributed by atoms with Gasteiger partial charge in [0.15, 0.2) is 0 Å². The van der Waals surface area contributed by atoms with Gasteiger partial charge in [0, 0.05) is 0 Å². The van der Waals surface area contributed by atoms with Crippen LogP contribution >= 0.6 is 0 Å². The topological polar surface area (TPSA) is 0 Å². The highest BCUT2D eigenvalue weighted by Crippen LogP contribution is 2.11. The van der Waals surface area contributed by atoms with Crippen LogP contribution in [0.5, 0.6) is 0 Å². The van der Waals surface area contributed by atoms with Gasteiger partial charge in [-0.2, -0.15) is 0 Å². The molecule has 0 saturated heterocycles. The largest absolute Gasteiger partial charge is 0.0912 e. The van der Waals surface area contributed by atoms with Crippen molar-refractivity contribution in [2.24, 2.45) is 0 Å². The Bertz CT molecular complexity index is 320. The lowest BCUT2D eigenvalue weighted by atomic mass is 10.1. The van der Waals surface area contributed by atoms with E-state index < -0.39 is 0 Å². The molecule has 0 aromatic carbocycles. The molecule has 0 unspecified atom stereocenters. The summed E-state index contributed by atoms with van der Waals surface area (Å²) in [5.74, 6) is 0. The van der Waals surface area contributed by atoms with Crippen LogP contribution in [0, 0.1) is 0 Å². The number of hydrogen-bond donors (Lipinski definition) is 0. The molecule has 0 fully saturated rings. The molecule has 0 saturated carbocycles. The van der Waals surface area contributed by atoms with Gasteiger partial charge in [-0.1, -0.05) is 61.3 Å². The molecule has 15 heavy (non-hydrogen) atoms. The first-order valence-electron chi connectivity index (χ1n) is 5.20. The van der Waals surface area contributed by atoms with Gasteiger partial charge in [0.25, 0.3) is 0 Å². The minimum atomic E-state index is 1.02. The lowest BCUT2D eigenvalue weighted by Crippen LogP contribution is -1.79. The first kappa shape index (κ1) is 13.4. The van der Waals surface area contributed by atoms with Crippen molar-refractivity contribution in [2.75, 3.05) is 0 Å². The Balaban J connectivity index is 4.50. The zero-order valence-electron chi connectivity index (χ0n) is 9.90. The zero-order chi connectivity index (χ0) is 11.5. The highest BCUT2D eigenvalue weighted by atomic mass is 14.0. The van der Waals surface area contributed by atoms with Gasteiger partial charge in [-0.05, 0) is 31.9 Å². The summed E-state index contributed by atoms with van der Waals surface area (Å²) in [6.45, 7) is 10.0. The highest BCUT2D eigenvalue weighted by Gasteiger charge is 1.91. The molecule has 0 amide bonds. The molecule has 0 aromatic rings. The molecule has 0 N–H and O–H groups in total. The van der Waals surface area contributed by atoms with E-state index >= 15 is 0 Å². The van der Waals surface area contributed by atoms with Gasteiger partial charge in [-0.3, -0.25) is 0 Å². The molecule has 0 rings (SSSR count). The maximum absolute atomic E-state index is 4.01. The summed E-state index contributed by atoms with van der Waals surface area (Å²) in [5, 5.41) is 0. The van der Waals surface area contributed by atoms with Gasteiger partial charge in [-0.25, -0.2) is 0 Å². The Hall–Kier alpha value is -1.56. The Labute approximate surface area is 93.7 Å². The second kappa shape index (κ2) is 9.01. The van der Waals surface area contributed by atoms with E-state index in [-0.39, 0.29) is 0 Å². The van der Waals surface area contributed by atoms with E-state index in [1.165, 1.54) is 0 Å². The summed E-state index contributed by atoms with van der Waals surface area (Å²) in [6, 6.07) is 0. The first-order chi connectivity index (χ1) is 7.26. The van der Waals surface area contributed by atoms with E-state index in [4.69, 9.17) is 0 Å². The molecule has 0 aliphatic carbocycles. The van der Waals surface area contributed by atoms with E-state index in [1.807, 2.05) is 63.3 Å². The molecular weight excluding hydrogens is 180 g/mol. The molecule has 0 aromatic heterocycles. The number of hydrogen-bond acceptors (Lipinski definition) is 0. The predicted octanol–water partition coefficient (Wildman–Crippen LogP) is 4.75. The molecule has 0 spiro atoms. The summed E-state index contributed by atoms with van der Waals surface area (Å²) in [7, 11) is 0. The Morgan fingerprint density at radius 3 is 1.80 bits per heavy atom. The normalized spacial score (nSPS) is 13.9. The molecule has 0 aliphatic rings. The van der Waals surface area contributed by atoms with Crippen LogP contribution in [0.4, 0.5) is 0 Å². The third-order valence-electron chi connectivity index (χ3n) is 1.86. The van der Waals surface area contributed by atoms with Crippen LogP contribution in [-0.4, -0.2) is 0 Å². The fraction of sp³-hybridized carbons (Fsp3) is 0.200. The molecule has 0 radical (unpaired) electrons. The van der Waals surface area contributed by atoms with E-state index in [2.05, 4.69) is 18.7 Å². The van der Waals surface area contributed by atoms with Crippen molar-refractivity contribution in [1.29, 1.82) is 0 Å². The standard InChI is InChI=1S/C15H20/c1-5-8-10-12-14(4)15(7-3)13-11-9-6-2/h5-13H,4H2,1-3H3/b8-5-,9-6-,12-10-,13-11-,15-7+. The molecule has 0 bridgehead atoms. The van der Waals surface area contributed by atoms with Crippen LogP contribution < -0.4 is 0 Å². The van der Waals surface area contributed by atoms with Crippen molar-refractivity contribution in [3.05, 3.63) is 72.4 Å². The molecular formula is C15H20. The predicted molar refractivity (Wildman–Crippen MR) is 70.8 cm³/mol. The average Bonchev–Trinajstić information content (AvgIpc) is 2.24. The summed E-state index contributed by atoms with van der Waals surface area (Å²) in [5.41, 5.74) is 2.17. The van der Waals surface area contributed by atoms with Crippen LogP contribution in [-0.2, 0) is 0 Å². The Morgan fingerprint density at radius 1 is 0.800 bits per heavy atom. The monoisotopic (exact) mass is 200 g/mol. The van der Waals surface area contributed by atoms with Gasteiger partial charge in [0.05, 0.1) is 0 Å². The third-order valence-corrected chi connectivity index (χ3v) is 1.86. The Morgan fingerprint density at radius 2 is 1.33 bits per heavy atom. The quantitative estimate of drug-likeness (QED) is 0.562. The van der Waals surface area contributed by atoms with E-state index in [0.717, 1.165) is 11.1 Å². The summed E-state index contributed by atoms with van der Waals surface area (Å²) in [4.78, 5) is 0. The SMILES string of the molecule is C=C(/C=C\C=C/C)C(/C=C\C=C/C)=C/C. The molecule has 0 heteroatoms. The Kier molecular flexibility index (Phi) is 8.08. The van der Waals surface area contributed by atoms with Crippen molar-refractivity contribution in [3.63, 3.8) is 0 Å². The maximum atomic E-state index is 4.01. The van der Waals surface area contributed by atoms with Crippen LogP contribution in [0.1, 0.15) is 20.8 Å². The van der Waals surface area contributed by atoms with Gasteiger partial charge in [0.2, 0.25) is 0 Å². The smallest absolute Gasteiger partial charge is 0.0233 e. The first-order valence-corrected chi connectivity index (χ1v) is 5.20. The van der Waals surface area contributed by atoms with E-state index in [9.17, 15) is 0 Å². The van der Waals surface area contributed by atoms with Gasteiger partial charge >= 0.3 is 0 Å². The summed E-state index contributed by atoms with van der Waals surface area (Å²) in [6.07, 6.45) is 18.1. The van der Waals surface area contributed by atoms with Gasteiger partial charge in [0.1, 0.15) is 0 Å². The number of allylic oxidation sites excluding steroid dienone is 11. The highest BCUT2D eigenvalue weighted by molar-refractivity contribution is 5.45. The summed E-state index contributed by atoms with van der Waals surface area (Å²) < 4.78 is 0. The lowest BCUT2D eigenvalue weighted by Gasteiger charge is -1.98. The number of rotatable bonds is 5. The second-order valence-corrected chi connectivity index (χ2v) is 3.04. The van der Waals surface area contributed by atoms with E-state index in [1.54, 1.807) is 0 Å².